The molecule has 1 aromatic rings. The first-order valence-electron chi connectivity index (χ1n) is 10.3. The van der Waals surface area contributed by atoms with E-state index in [4.69, 9.17) is 17.7 Å². The first-order valence-corrected chi connectivity index (χ1v) is 16.0. The second kappa shape index (κ2) is 13.4. The fourth-order valence-electron chi connectivity index (χ4n) is 3.32. The normalized spacial score (nSPS) is 15.3. The number of hydrogen-bond acceptors (Lipinski definition) is 4. The van der Waals surface area contributed by atoms with Crippen LogP contribution >= 0.6 is 0 Å². The molecule has 0 aliphatic carbocycles. The van der Waals surface area contributed by atoms with Crippen molar-refractivity contribution < 1.29 is 17.7 Å². The molecule has 28 heavy (non-hydrogen) atoms. The van der Waals surface area contributed by atoms with Crippen molar-refractivity contribution in [2.24, 2.45) is 0 Å². The van der Waals surface area contributed by atoms with Crippen LogP contribution in [0.15, 0.2) is 52.1 Å². The van der Waals surface area contributed by atoms with E-state index in [1.54, 1.807) is 0 Å². The maximum atomic E-state index is 5.96. The van der Waals surface area contributed by atoms with Crippen molar-refractivity contribution in [1.82, 2.24) is 0 Å². The molecule has 1 rings (SSSR count). The minimum absolute atomic E-state index is 0.685. The average Bonchev–Trinajstić information content (AvgIpc) is 2.68. The molecule has 0 unspecified atom stereocenters. The lowest BCUT2D eigenvalue weighted by atomic mass is 10.4. The molecule has 4 nitrogen and oxygen atoms in total. The van der Waals surface area contributed by atoms with Crippen LogP contribution in [0.2, 0.25) is 6.55 Å². The highest BCUT2D eigenvalue weighted by Gasteiger charge is 2.29. The third-order valence-corrected chi connectivity index (χ3v) is 13.2. The van der Waals surface area contributed by atoms with Crippen LogP contribution in [0, 0.1) is 0 Å². The summed E-state index contributed by atoms with van der Waals surface area (Å²) in [5.41, 5.74) is 4.88. The Morgan fingerprint density at radius 2 is 1.11 bits per heavy atom. The van der Waals surface area contributed by atoms with Crippen LogP contribution in [0.25, 0.3) is 0 Å². The van der Waals surface area contributed by atoms with Gasteiger partial charge in [0.1, 0.15) is 8.07 Å². The summed E-state index contributed by atoms with van der Waals surface area (Å²) in [4.78, 5) is 0. The molecule has 1 aromatic carbocycles. The van der Waals surface area contributed by atoms with Gasteiger partial charge in [0, 0.05) is 26.4 Å². The van der Waals surface area contributed by atoms with Crippen molar-refractivity contribution in [3.05, 3.63) is 52.1 Å². The van der Waals surface area contributed by atoms with Crippen LogP contribution in [-0.4, -0.2) is 53.1 Å². The van der Waals surface area contributed by atoms with Gasteiger partial charge in [0.05, 0.1) is 0 Å². The fraction of sp³-hybridized carbons (Fsp3) is 0.524. The van der Waals surface area contributed by atoms with Gasteiger partial charge in [-0.25, -0.2) is 0 Å². The van der Waals surface area contributed by atoms with Crippen LogP contribution in [0.4, 0.5) is 0 Å². The minimum Gasteiger partial charge on any atom is -0.394 e. The highest BCUT2D eigenvalue weighted by Crippen LogP contribution is 2.18. The van der Waals surface area contributed by atoms with E-state index in [9.17, 15) is 0 Å². The van der Waals surface area contributed by atoms with Crippen molar-refractivity contribution in [2.45, 2.75) is 48.1 Å². The molecule has 0 atom stereocenters. The number of rotatable bonds is 13. The molecule has 0 spiro atoms. The van der Waals surface area contributed by atoms with E-state index >= 15 is 0 Å². The van der Waals surface area contributed by atoms with Gasteiger partial charge in [0.25, 0.3) is 0 Å². The molecule has 0 heterocycles. The summed E-state index contributed by atoms with van der Waals surface area (Å²) in [6, 6.07) is 10.8. The predicted octanol–water partition coefficient (Wildman–Crippen LogP) is 3.61. The monoisotopic (exact) mass is 438 g/mol. The molecule has 7 heteroatoms. The second-order valence-electron chi connectivity index (χ2n) is 6.91. The van der Waals surface area contributed by atoms with Gasteiger partial charge in [-0.15, -0.1) is 0 Å². The first kappa shape index (κ1) is 25.2. The zero-order valence-corrected chi connectivity index (χ0v) is 22.0. The van der Waals surface area contributed by atoms with E-state index in [1.165, 1.54) is 15.6 Å². The molecule has 0 fully saturated rings. The van der Waals surface area contributed by atoms with E-state index in [0.29, 0.717) is 26.4 Å². The van der Waals surface area contributed by atoms with Gasteiger partial charge in [-0.05, 0) is 51.9 Å². The number of benzene rings is 1. The van der Waals surface area contributed by atoms with Gasteiger partial charge in [-0.2, -0.15) is 0 Å². The first-order chi connectivity index (χ1) is 13.4. The van der Waals surface area contributed by atoms with Crippen molar-refractivity contribution in [2.75, 3.05) is 26.4 Å². The third-order valence-electron chi connectivity index (χ3n) is 4.47. The van der Waals surface area contributed by atoms with Crippen molar-refractivity contribution in [3.8, 4) is 0 Å². The largest absolute Gasteiger partial charge is 0.394 e. The third kappa shape index (κ3) is 7.90. The Kier molecular flexibility index (Phi) is 12.1. The zero-order valence-electron chi connectivity index (χ0n) is 18.7. The van der Waals surface area contributed by atoms with Crippen molar-refractivity contribution in [1.29, 1.82) is 0 Å². The van der Waals surface area contributed by atoms with Crippen molar-refractivity contribution >= 4 is 31.8 Å². The molecule has 0 aliphatic rings. The summed E-state index contributed by atoms with van der Waals surface area (Å²) in [6.07, 6.45) is 0. The van der Waals surface area contributed by atoms with Crippen LogP contribution in [0.3, 0.4) is 0 Å². The van der Waals surface area contributed by atoms with Crippen LogP contribution in [-0.2, 0) is 17.7 Å². The predicted molar refractivity (Wildman–Crippen MR) is 126 cm³/mol. The van der Waals surface area contributed by atoms with Gasteiger partial charge in [-0.1, -0.05) is 53.5 Å². The Bertz CT molecular complexity index is 575. The Hall–Kier alpha value is -0.809. The molecule has 0 aromatic heterocycles. The summed E-state index contributed by atoms with van der Waals surface area (Å²) < 4.78 is 23.9. The van der Waals surface area contributed by atoms with Gasteiger partial charge in [0.2, 0.25) is 0 Å². The lowest BCUT2D eigenvalue weighted by molar-refractivity contribution is 0.221. The Balaban J connectivity index is 3.37. The molecular weight excluding hydrogens is 400 g/mol. The van der Waals surface area contributed by atoms with E-state index in [-0.39, 0.29) is 0 Å². The topological polar surface area (TPSA) is 36.9 Å². The van der Waals surface area contributed by atoms with Gasteiger partial charge >= 0.3 is 18.6 Å². The van der Waals surface area contributed by atoms with Gasteiger partial charge in [0.15, 0.2) is 0 Å². The standard InChI is InChI=1S/C21H38O4Si3/c1-8-22-26(23-9-2)19(5)17-28(7,21-15-13-12-14-16-21)18-20(6)27(24-10-3)25-11-4/h12-18,26-27H,8-11H2,1-7H3. The minimum atomic E-state index is -2.07. The lowest BCUT2D eigenvalue weighted by Crippen LogP contribution is -2.44. The van der Waals surface area contributed by atoms with E-state index < -0.39 is 26.6 Å². The molecular formula is C21H38O4Si3. The maximum absolute atomic E-state index is 5.96. The Labute approximate surface area is 176 Å². The smallest absolute Gasteiger partial charge is 0.350 e. The van der Waals surface area contributed by atoms with E-state index in [1.807, 2.05) is 27.7 Å². The van der Waals surface area contributed by atoms with Crippen LogP contribution in [0.1, 0.15) is 41.5 Å². The maximum Gasteiger partial charge on any atom is 0.350 e. The van der Waals surface area contributed by atoms with Crippen molar-refractivity contribution in [3.63, 3.8) is 0 Å². The van der Waals surface area contributed by atoms with E-state index in [0.717, 1.165) is 0 Å². The second-order valence-corrected chi connectivity index (χ2v) is 15.1. The van der Waals surface area contributed by atoms with Crippen LogP contribution in [0.5, 0.6) is 0 Å². The molecule has 158 valence electrons. The average molecular weight is 439 g/mol. The molecule has 0 N–H and O–H groups in total. The number of hydrogen-bond donors (Lipinski definition) is 0. The quantitative estimate of drug-likeness (QED) is 0.441. The van der Waals surface area contributed by atoms with E-state index in [2.05, 4.69) is 62.1 Å². The molecule has 0 aliphatic heterocycles. The highest BCUT2D eigenvalue weighted by molar-refractivity contribution is 7.00. The summed E-state index contributed by atoms with van der Waals surface area (Å²) in [7, 11) is -5.73. The Morgan fingerprint density at radius 1 is 0.750 bits per heavy atom. The fourth-order valence-corrected chi connectivity index (χ4v) is 12.2. The van der Waals surface area contributed by atoms with Gasteiger partial charge < -0.3 is 17.7 Å². The Morgan fingerprint density at radius 3 is 1.43 bits per heavy atom. The summed E-state index contributed by atoms with van der Waals surface area (Å²) in [6.45, 7) is 17.6. The summed E-state index contributed by atoms with van der Waals surface area (Å²) >= 11 is 0. The lowest BCUT2D eigenvalue weighted by Gasteiger charge is -2.26. The molecule has 0 amide bonds. The molecule has 0 saturated heterocycles. The SMILES string of the molecule is CCO[SiH](OCC)C(C)=C[Si](C)(C=C(C)[SiH](OCC)OCC)c1ccccc1. The van der Waals surface area contributed by atoms with Gasteiger partial charge in [-0.3, -0.25) is 0 Å². The summed E-state index contributed by atoms with van der Waals surface area (Å²) in [5, 5.41) is 3.89. The molecule has 0 saturated carbocycles. The molecule has 0 radical (unpaired) electrons. The molecule has 0 bridgehead atoms. The number of allylic oxidation sites excluding steroid dienone is 2. The highest BCUT2D eigenvalue weighted by atomic mass is 28.3. The zero-order chi connectivity index (χ0) is 21.0. The van der Waals surface area contributed by atoms with Crippen LogP contribution < -0.4 is 5.19 Å². The summed E-state index contributed by atoms with van der Waals surface area (Å²) in [5.74, 6) is 0.